The van der Waals surface area contributed by atoms with Crippen LogP contribution in [0.1, 0.15) is 47.1 Å². The molecular formula is C15H27BNO3-. The smallest absolute Gasteiger partial charge is 0.428 e. The minimum atomic E-state index is -2.05. The highest BCUT2D eigenvalue weighted by atomic mass is 16.8. The summed E-state index contributed by atoms with van der Waals surface area (Å²) in [5, 5.41) is 0. The lowest BCUT2D eigenvalue weighted by Gasteiger charge is -2.46. The van der Waals surface area contributed by atoms with Gasteiger partial charge in [0.1, 0.15) is 0 Å². The van der Waals surface area contributed by atoms with Crippen molar-refractivity contribution in [2.45, 2.75) is 66.8 Å². The molecule has 20 heavy (non-hydrogen) atoms. The Kier molecular flexibility index (Phi) is 6.18. The average Bonchev–Trinajstić information content (AvgIpc) is 2.26. The van der Waals surface area contributed by atoms with Crippen LogP contribution in [0, 0.1) is 6.92 Å². The fourth-order valence-corrected chi connectivity index (χ4v) is 2.23. The Morgan fingerprint density at radius 1 is 0.900 bits per heavy atom. The molecule has 0 bridgehead atoms. The molecule has 0 N–H and O–H groups in total. The van der Waals surface area contributed by atoms with Crippen molar-refractivity contribution in [3.8, 4) is 0 Å². The molecule has 1 heterocycles. The molecule has 114 valence electrons. The molecule has 0 aliphatic carbocycles. The lowest BCUT2D eigenvalue weighted by Crippen LogP contribution is -2.62. The van der Waals surface area contributed by atoms with Gasteiger partial charge >= 0.3 is 6.75 Å². The van der Waals surface area contributed by atoms with Crippen molar-refractivity contribution >= 4 is 12.3 Å². The van der Waals surface area contributed by atoms with Crippen LogP contribution in [0.2, 0.25) is 0 Å². The van der Waals surface area contributed by atoms with Gasteiger partial charge in [-0.15, -0.1) is 0 Å². The molecule has 0 aromatic carbocycles. The van der Waals surface area contributed by atoms with Gasteiger partial charge in [0.05, 0.1) is 0 Å². The highest BCUT2D eigenvalue weighted by Gasteiger charge is 2.37. The number of aromatic nitrogens is 1. The molecule has 0 amide bonds. The molecule has 1 aromatic heterocycles. The average molecular weight is 280 g/mol. The normalized spacial score (nSPS) is 12.7. The van der Waals surface area contributed by atoms with Crippen LogP contribution < -0.4 is 5.59 Å². The summed E-state index contributed by atoms with van der Waals surface area (Å²) in [5.74, 6) is 0. The van der Waals surface area contributed by atoms with Crippen molar-refractivity contribution < 1.29 is 14.0 Å². The predicted molar refractivity (Wildman–Crippen MR) is 83.0 cm³/mol. The third kappa shape index (κ3) is 4.58. The Bertz CT molecular complexity index is 395. The van der Waals surface area contributed by atoms with Gasteiger partial charge in [0.25, 0.3) is 0 Å². The summed E-state index contributed by atoms with van der Waals surface area (Å²) in [7, 11) is 0. The standard InChI is InChI=1S/C15H27BNO3/c1-11(2)18-16(19-12(3)4,20-13(5)6)15-14(7)9-8-10-17-15/h8-13H,1-7H3/q-1. The SMILES string of the molecule is Cc1cccnc1[B-](OC(C)C)(OC(C)C)OC(C)C. The first kappa shape index (κ1) is 17.1. The van der Waals surface area contributed by atoms with Gasteiger partial charge < -0.3 is 14.0 Å². The van der Waals surface area contributed by atoms with Crippen molar-refractivity contribution in [3.05, 3.63) is 23.9 Å². The van der Waals surface area contributed by atoms with E-state index in [0.29, 0.717) is 0 Å². The number of nitrogens with zero attached hydrogens (tertiary/aromatic N) is 1. The second-order valence-electron chi connectivity index (χ2n) is 5.90. The van der Waals surface area contributed by atoms with Crippen LogP contribution in [-0.2, 0) is 14.0 Å². The zero-order valence-electron chi connectivity index (χ0n) is 13.7. The van der Waals surface area contributed by atoms with Crippen LogP contribution in [0.5, 0.6) is 0 Å². The van der Waals surface area contributed by atoms with E-state index in [4.69, 9.17) is 14.0 Å². The van der Waals surface area contributed by atoms with Crippen molar-refractivity contribution in [1.29, 1.82) is 0 Å². The molecule has 0 saturated heterocycles. The molecule has 0 radical (unpaired) electrons. The summed E-state index contributed by atoms with van der Waals surface area (Å²) >= 11 is 0. The van der Waals surface area contributed by atoms with Gasteiger partial charge in [-0.2, -0.15) is 0 Å². The summed E-state index contributed by atoms with van der Waals surface area (Å²) in [4.78, 5) is 4.46. The number of aryl methyl sites for hydroxylation is 1. The van der Waals surface area contributed by atoms with Gasteiger partial charge in [-0.25, -0.2) is 0 Å². The molecule has 0 spiro atoms. The van der Waals surface area contributed by atoms with E-state index < -0.39 is 6.75 Å². The summed E-state index contributed by atoms with van der Waals surface area (Å²) < 4.78 is 18.2. The van der Waals surface area contributed by atoms with Crippen LogP contribution in [0.3, 0.4) is 0 Å². The Balaban J connectivity index is 3.30. The maximum atomic E-state index is 6.08. The fourth-order valence-electron chi connectivity index (χ4n) is 2.23. The Morgan fingerprint density at radius 3 is 1.70 bits per heavy atom. The molecule has 0 aliphatic heterocycles. The van der Waals surface area contributed by atoms with E-state index in [1.54, 1.807) is 6.20 Å². The summed E-state index contributed by atoms with van der Waals surface area (Å²) in [6.45, 7) is 11.8. The Hall–Kier alpha value is -0.905. The molecule has 1 rings (SSSR count). The highest BCUT2D eigenvalue weighted by molar-refractivity contribution is 6.75. The highest BCUT2D eigenvalue weighted by Crippen LogP contribution is 2.18. The van der Waals surface area contributed by atoms with Crippen LogP contribution in [0.25, 0.3) is 0 Å². The third-order valence-electron chi connectivity index (χ3n) is 2.74. The van der Waals surface area contributed by atoms with Crippen LogP contribution in [-0.4, -0.2) is 30.1 Å². The van der Waals surface area contributed by atoms with E-state index in [1.165, 1.54) is 0 Å². The minimum Gasteiger partial charge on any atom is -0.538 e. The first-order chi connectivity index (χ1) is 9.27. The van der Waals surface area contributed by atoms with Crippen molar-refractivity contribution in [2.75, 3.05) is 0 Å². The lowest BCUT2D eigenvalue weighted by atomic mass is 9.69. The molecule has 0 aliphatic rings. The molecule has 0 atom stereocenters. The van der Waals surface area contributed by atoms with Crippen LogP contribution >= 0.6 is 0 Å². The van der Waals surface area contributed by atoms with Crippen molar-refractivity contribution in [1.82, 2.24) is 4.98 Å². The number of hydrogen-bond donors (Lipinski definition) is 0. The van der Waals surface area contributed by atoms with Gasteiger partial charge in [0, 0.05) is 24.5 Å². The maximum absolute atomic E-state index is 6.08. The summed E-state index contributed by atoms with van der Waals surface area (Å²) in [5.41, 5.74) is 1.75. The number of rotatable bonds is 7. The lowest BCUT2D eigenvalue weighted by molar-refractivity contribution is 0.0146. The van der Waals surface area contributed by atoms with E-state index in [2.05, 4.69) is 4.98 Å². The van der Waals surface area contributed by atoms with Crippen molar-refractivity contribution in [2.24, 2.45) is 0 Å². The predicted octanol–water partition coefficient (Wildman–Crippen LogP) is 2.81. The zero-order valence-corrected chi connectivity index (χ0v) is 13.7. The molecular weight excluding hydrogens is 253 g/mol. The van der Waals surface area contributed by atoms with E-state index in [-0.39, 0.29) is 18.3 Å². The molecule has 4 nitrogen and oxygen atoms in total. The first-order valence-electron chi connectivity index (χ1n) is 7.35. The summed E-state index contributed by atoms with van der Waals surface area (Å²) in [6.07, 6.45) is 1.69. The van der Waals surface area contributed by atoms with E-state index >= 15 is 0 Å². The van der Waals surface area contributed by atoms with Crippen molar-refractivity contribution in [3.63, 3.8) is 0 Å². The number of hydrogen-bond acceptors (Lipinski definition) is 4. The van der Waals surface area contributed by atoms with E-state index in [1.807, 2.05) is 60.6 Å². The van der Waals surface area contributed by atoms with Crippen LogP contribution in [0.15, 0.2) is 18.3 Å². The molecule has 0 unspecified atom stereocenters. The summed E-state index contributed by atoms with van der Waals surface area (Å²) in [6, 6.07) is 3.90. The van der Waals surface area contributed by atoms with E-state index in [0.717, 1.165) is 11.2 Å². The molecule has 5 heteroatoms. The molecule has 0 fully saturated rings. The molecule has 1 aromatic rings. The topological polar surface area (TPSA) is 40.6 Å². The van der Waals surface area contributed by atoms with Gasteiger partial charge in [-0.1, -0.05) is 11.6 Å². The first-order valence-corrected chi connectivity index (χ1v) is 7.35. The van der Waals surface area contributed by atoms with Gasteiger partial charge in [-0.05, 0) is 60.1 Å². The second-order valence-corrected chi connectivity index (χ2v) is 5.90. The minimum absolute atomic E-state index is 0.0195. The number of pyridine rings is 1. The quantitative estimate of drug-likeness (QED) is 0.720. The van der Waals surface area contributed by atoms with Gasteiger partial charge in [0.2, 0.25) is 0 Å². The second kappa shape index (κ2) is 7.20. The Morgan fingerprint density at radius 2 is 1.35 bits per heavy atom. The Labute approximate surface area is 122 Å². The fraction of sp³-hybridized carbons (Fsp3) is 0.667. The van der Waals surface area contributed by atoms with Crippen LogP contribution in [0.4, 0.5) is 0 Å². The van der Waals surface area contributed by atoms with Gasteiger partial charge in [-0.3, -0.25) is 4.98 Å². The van der Waals surface area contributed by atoms with Gasteiger partial charge in [0.15, 0.2) is 0 Å². The third-order valence-corrected chi connectivity index (χ3v) is 2.74. The maximum Gasteiger partial charge on any atom is 0.428 e. The zero-order chi connectivity index (χ0) is 15.3. The van der Waals surface area contributed by atoms with E-state index in [9.17, 15) is 0 Å². The largest absolute Gasteiger partial charge is 0.538 e. The molecule has 0 saturated carbocycles. The monoisotopic (exact) mass is 280 g/mol.